The number of fused-ring (bicyclic) bond motifs is 1. The Hall–Kier alpha value is -2.39. The Labute approximate surface area is 186 Å². The first-order valence-corrected chi connectivity index (χ1v) is 10.3. The fourth-order valence-corrected chi connectivity index (χ4v) is 4.08. The highest BCUT2D eigenvalue weighted by Gasteiger charge is 2.55. The molecule has 1 heterocycles. The normalized spacial score (nSPS) is 16.2. The number of alkyl halides is 3. The summed E-state index contributed by atoms with van der Waals surface area (Å²) in [6.45, 7) is 3.21. The molecule has 166 valence electrons. The zero-order chi connectivity index (χ0) is 23.0. The van der Waals surface area contributed by atoms with E-state index in [1.807, 2.05) is 0 Å². The molecule has 0 saturated heterocycles. The van der Waals surface area contributed by atoms with E-state index in [1.54, 1.807) is 44.2 Å². The van der Waals surface area contributed by atoms with Crippen LogP contribution in [0.2, 0.25) is 0 Å². The van der Waals surface area contributed by atoms with Crippen LogP contribution in [-0.2, 0) is 16.6 Å². The first kappa shape index (κ1) is 23.3. The lowest BCUT2D eigenvalue weighted by atomic mass is 9.75. The van der Waals surface area contributed by atoms with Gasteiger partial charge in [-0.05, 0) is 41.7 Å². The summed E-state index contributed by atoms with van der Waals surface area (Å²) < 4.78 is 48.0. The van der Waals surface area contributed by atoms with Crippen molar-refractivity contribution >= 4 is 39.4 Å². The molecule has 0 aliphatic carbocycles. The number of nitrogens with one attached hydrogen (secondary N) is 1. The van der Waals surface area contributed by atoms with Gasteiger partial charge in [-0.1, -0.05) is 41.9 Å². The van der Waals surface area contributed by atoms with Crippen LogP contribution in [0.1, 0.15) is 31.4 Å². The third-order valence-electron chi connectivity index (χ3n) is 5.27. The summed E-state index contributed by atoms with van der Waals surface area (Å²) in [5, 5.41) is 13.3. The van der Waals surface area contributed by atoms with Crippen LogP contribution in [0.4, 0.5) is 24.5 Å². The zero-order valence-electron chi connectivity index (χ0n) is 17.2. The first-order chi connectivity index (χ1) is 14.4. The highest BCUT2D eigenvalue weighted by molar-refractivity contribution is 9.10. The summed E-state index contributed by atoms with van der Waals surface area (Å²) in [4.78, 5) is 15.6. The SMILES string of the molecule is COc1cc(Br)ccc1C(C)(C)CC(O)(/C=N/c1cccc2c1CC(=O)N2)C(F)(F)F. The van der Waals surface area contributed by atoms with Crippen LogP contribution in [0.5, 0.6) is 5.75 Å². The van der Waals surface area contributed by atoms with Gasteiger partial charge >= 0.3 is 6.18 Å². The van der Waals surface area contributed by atoms with Gasteiger partial charge in [0.15, 0.2) is 5.60 Å². The number of hydrogen-bond donors (Lipinski definition) is 2. The maximum atomic E-state index is 14.0. The smallest absolute Gasteiger partial charge is 0.422 e. The monoisotopic (exact) mass is 498 g/mol. The minimum absolute atomic E-state index is 0.0227. The standard InChI is InChI=1S/C22H22BrF3N2O3/c1-20(2,15-8-7-13(23)9-18(15)31-3)11-21(30,22(24,25)26)12-27-16-5-4-6-17-14(16)10-19(29)28-17/h4-9,12,30H,10-11H2,1-3H3,(H,28,29)/b27-12+. The largest absolute Gasteiger partial charge is 0.496 e. The number of carbonyl (C=O) groups excluding carboxylic acids is 1. The van der Waals surface area contributed by atoms with E-state index in [0.29, 0.717) is 28.8 Å². The van der Waals surface area contributed by atoms with Crippen molar-refractivity contribution in [2.24, 2.45) is 4.99 Å². The van der Waals surface area contributed by atoms with Gasteiger partial charge in [0.2, 0.25) is 5.91 Å². The third-order valence-corrected chi connectivity index (χ3v) is 5.77. The second-order valence-electron chi connectivity index (χ2n) is 8.11. The van der Waals surface area contributed by atoms with E-state index in [4.69, 9.17) is 4.74 Å². The van der Waals surface area contributed by atoms with E-state index in [1.165, 1.54) is 13.2 Å². The van der Waals surface area contributed by atoms with Gasteiger partial charge in [-0.2, -0.15) is 13.2 Å². The highest BCUT2D eigenvalue weighted by Crippen LogP contribution is 2.44. The molecule has 1 amide bonds. The van der Waals surface area contributed by atoms with E-state index in [2.05, 4.69) is 26.2 Å². The average molecular weight is 499 g/mol. The van der Waals surface area contributed by atoms with Crippen LogP contribution >= 0.6 is 15.9 Å². The topological polar surface area (TPSA) is 70.9 Å². The predicted octanol–water partition coefficient (Wildman–Crippen LogP) is 5.32. The van der Waals surface area contributed by atoms with Gasteiger partial charge in [-0.25, -0.2) is 0 Å². The van der Waals surface area contributed by atoms with Crippen molar-refractivity contribution in [3.8, 4) is 5.75 Å². The van der Waals surface area contributed by atoms with Crippen LogP contribution < -0.4 is 10.1 Å². The molecule has 1 aliphatic rings. The number of carbonyl (C=O) groups is 1. The van der Waals surface area contributed by atoms with Crippen molar-refractivity contribution < 1.29 is 27.8 Å². The molecule has 0 aromatic heterocycles. The molecule has 0 bridgehead atoms. The van der Waals surface area contributed by atoms with Crippen molar-refractivity contribution in [1.29, 1.82) is 0 Å². The quantitative estimate of drug-likeness (QED) is 0.529. The molecule has 2 aromatic rings. The van der Waals surface area contributed by atoms with Crippen molar-refractivity contribution in [2.75, 3.05) is 12.4 Å². The number of rotatable bonds is 6. The Kier molecular flexibility index (Phi) is 6.21. The molecule has 1 atom stereocenters. The number of hydrogen-bond acceptors (Lipinski definition) is 4. The van der Waals surface area contributed by atoms with Crippen molar-refractivity contribution in [3.63, 3.8) is 0 Å². The summed E-state index contributed by atoms with van der Waals surface area (Å²) in [7, 11) is 1.43. The molecule has 2 N–H and O–H groups in total. The summed E-state index contributed by atoms with van der Waals surface area (Å²) in [6.07, 6.45) is -5.10. The second kappa shape index (κ2) is 8.27. The molecule has 1 unspecified atom stereocenters. The molecule has 2 aromatic carbocycles. The van der Waals surface area contributed by atoms with Crippen molar-refractivity contribution in [3.05, 3.63) is 52.0 Å². The molecule has 0 radical (unpaired) electrons. The Morgan fingerprint density at radius 3 is 2.61 bits per heavy atom. The number of benzene rings is 2. The lowest BCUT2D eigenvalue weighted by Gasteiger charge is -2.36. The molecule has 5 nitrogen and oxygen atoms in total. The Morgan fingerprint density at radius 2 is 1.97 bits per heavy atom. The fourth-order valence-electron chi connectivity index (χ4n) is 3.74. The minimum atomic E-state index is -4.97. The lowest BCUT2D eigenvalue weighted by Crippen LogP contribution is -2.50. The number of methoxy groups -OCH3 is 1. The molecule has 1 aliphatic heterocycles. The van der Waals surface area contributed by atoms with Gasteiger partial charge in [0.05, 0.1) is 19.2 Å². The number of halogens is 4. The average Bonchev–Trinajstić information content (AvgIpc) is 3.05. The third kappa shape index (κ3) is 4.77. The summed E-state index contributed by atoms with van der Waals surface area (Å²) in [5.41, 5.74) is -2.58. The number of ether oxygens (including phenoxy) is 1. The maximum absolute atomic E-state index is 14.0. The number of aliphatic imine (C=N–C) groups is 1. The van der Waals surface area contributed by atoms with Gasteiger partial charge in [-0.15, -0.1) is 0 Å². The molecule has 31 heavy (non-hydrogen) atoms. The van der Waals surface area contributed by atoms with E-state index < -0.39 is 23.6 Å². The van der Waals surface area contributed by atoms with E-state index in [0.717, 1.165) is 4.47 Å². The van der Waals surface area contributed by atoms with Gasteiger partial charge < -0.3 is 15.2 Å². The molecule has 9 heteroatoms. The molecule has 0 spiro atoms. The van der Waals surface area contributed by atoms with Crippen molar-refractivity contribution in [1.82, 2.24) is 0 Å². The zero-order valence-corrected chi connectivity index (χ0v) is 18.8. The van der Waals surface area contributed by atoms with E-state index >= 15 is 0 Å². The number of aliphatic hydroxyl groups is 1. The predicted molar refractivity (Wildman–Crippen MR) is 116 cm³/mol. The van der Waals surface area contributed by atoms with Crippen molar-refractivity contribution in [2.45, 2.75) is 43.9 Å². The van der Waals surface area contributed by atoms with Gasteiger partial charge in [0.1, 0.15) is 5.75 Å². The molecule has 0 fully saturated rings. The molecular weight excluding hydrogens is 477 g/mol. The first-order valence-electron chi connectivity index (χ1n) is 9.46. The Morgan fingerprint density at radius 1 is 1.26 bits per heavy atom. The summed E-state index contributed by atoms with van der Waals surface area (Å²) in [6, 6.07) is 9.78. The molecule has 0 saturated carbocycles. The maximum Gasteiger partial charge on any atom is 0.422 e. The summed E-state index contributed by atoms with van der Waals surface area (Å²) in [5.74, 6) is 0.151. The Bertz CT molecular complexity index is 1040. The van der Waals surface area contributed by atoms with E-state index in [-0.39, 0.29) is 18.0 Å². The Balaban J connectivity index is 1.98. The van der Waals surface area contributed by atoms with Crippen LogP contribution in [-0.4, -0.2) is 36.1 Å². The molecule has 3 rings (SSSR count). The van der Waals surface area contributed by atoms with Gasteiger partial charge in [0.25, 0.3) is 0 Å². The summed E-state index contributed by atoms with van der Waals surface area (Å²) >= 11 is 3.32. The fraction of sp³-hybridized carbons (Fsp3) is 0.364. The second-order valence-corrected chi connectivity index (χ2v) is 9.03. The number of anilines is 1. The van der Waals surface area contributed by atoms with Crippen LogP contribution in [0.25, 0.3) is 0 Å². The minimum Gasteiger partial charge on any atom is -0.496 e. The van der Waals surface area contributed by atoms with Gasteiger partial charge in [0, 0.05) is 21.9 Å². The lowest BCUT2D eigenvalue weighted by molar-refractivity contribution is -0.234. The van der Waals surface area contributed by atoms with Crippen LogP contribution in [0.3, 0.4) is 0 Å². The van der Waals surface area contributed by atoms with E-state index in [9.17, 15) is 23.1 Å². The number of nitrogens with zero attached hydrogens (tertiary/aromatic N) is 1. The van der Waals surface area contributed by atoms with Gasteiger partial charge in [-0.3, -0.25) is 9.79 Å². The molecular formula is C22H22BrF3N2O3. The van der Waals surface area contributed by atoms with Crippen LogP contribution in [0, 0.1) is 0 Å². The highest BCUT2D eigenvalue weighted by atomic mass is 79.9. The van der Waals surface area contributed by atoms with Crippen LogP contribution in [0.15, 0.2) is 45.9 Å². The number of amides is 1.